The van der Waals surface area contributed by atoms with E-state index in [-0.39, 0.29) is 0 Å². The van der Waals surface area contributed by atoms with Gasteiger partial charge in [0.2, 0.25) is 0 Å². The number of benzene rings is 2. The maximum Gasteiger partial charge on any atom is 0.163 e. The van der Waals surface area contributed by atoms with Gasteiger partial charge in [0.15, 0.2) is 4.90 Å². The molecule has 1 saturated heterocycles. The van der Waals surface area contributed by atoms with Crippen molar-refractivity contribution in [1.29, 1.82) is 0 Å². The largest absolute Gasteiger partial charge is 0.491 e. The van der Waals surface area contributed by atoms with Gasteiger partial charge in [0.1, 0.15) is 23.9 Å². The maximum absolute atomic E-state index is 6.05. The Balaban J connectivity index is 1.33. The number of thioether (sulfide) groups is 1. The average Bonchev–Trinajstić information content (AvgIpc) is 2.82. The predicted molar refractivity (Wildman–Crippen MR) is 131 cm³/mol. The molecule has 0 saturated carbocycles. The molecule has 7 heteroatoms. The minimum Gasteiger partial charge on any atom is -0.491 e. The van der Waals surface area contributed by atoms with Gasteiger partial charge in [-0.3, -0.25) is 0 Å². The van der Waals surface area contributed by atoms with E-state index in [4.69, 9.17) is 23.7 Å². The molecular formula is C24H35O5S2+. The molecule has 0 unspecified atom stereocenters. The molecule has 0 bridgehead atoms. The van der Waals surface area contributed by atoms with Crippen molar-refractivity contribution in [3.8, 4) is 5.75 Å². The van der Waals surface area contributed by atoms with E-state index in [1.807, 2.05) is 6.92 Å². The Morgan fingerprint density at radius 3 is 1.94 bits per heavy atom. The lowest BCUT2D eigenvalue weighted by Gasteiger charge is -2.16. The first-order chi connectivity index (χ1) is 15.4. The van der Waals surface area contributed by atoms with E-state index < -0.39 is 0 Å². The molecule has 0 aliphatic carbocycles. The second-order valence-corrected chi connectivity index (χ2v) is 10.5. The zero-order chi connectivity index (χ0) is 21.6. The van der Waals surface area contributed by atoms with Crippen LogP contribution in [0.1, 0.15) is 6.92 Å². The van der Waals surface area contributed by atoms with E-state index in [1.54, 1.807) is 0 Å². The zero-order valence-electron chi connectivity index (χ0n) is 18.5. The molecule has 5 nitrogen and oxygen atoms in total. The molecule has 0 amide bonds. The van der Waals surface area contributed by atoms with Crippen molar-refractivity contribution in [2.45, 2.75) is 11.8 Å². The lowest BCUT2D eigenvalue weighted by atomic mass is 10.1. The van der Waals surface area contributed by atoms with Crippen LogP contribution in [0.5, 0.6) is 5.75 Å². The van der Waals surface area contributed by atoms with Crippen molar-refractivity contribution in [1.82, 2.24) is 0 Å². The Hall–Kier alpha value is -0.960. The van der Waals surface area contributed by atoms with Crippen LogP contribution >= 0.6 is 11.8 Å². The minimum atomic E-state index is 0.363. The highest BCUT2D eigenvalue weighted by molar-refractivity contribution is 8.05. The van der Waals surface area contributed by atoms with Gasteiger partial charge in [0, 0.05) is 39.8 Å². The van der Waals surface area contributed by atoms with Crippen molar-refractivity contribution in [2.75, 3.05) is 82.5 Å². The van der Waals surface area contributed by atoms with Gasteiger partial charge in [-0.05, 0) is 25.1 Å². The summed E-state index contributed by atoms with van der Waals surface area (Å²) in [6, 6.07) is 13.0. The first kappa shape index (κ1) is 24.7. The summed E-state index contributed by atoms with van der Waals surface area (Å²) in [4.78, 5) is 1.50. The van der Waals surface area contributed by atoms with Gasteiger partial charge in [0.05, 0.1) is 46.2 Å². The highest BCUT2D eigenvalue weighted by atomic mass is 32.2. The Kier molecular flexibility index (Phi) is 11.9. The molecule has 1 aliphatic rings. The van der Waals surface area contributed by atoms with Gasteiger partial charge in [-0.25, -0.2) is 0 Å². The van der Waals surface area contributed by atoms with Gasteiger partial charge >= 0.3 is 0 Å². The van der Waals surface area contributed by atoms with Gasteiger partial charge in [-0.15, -0.1) is 0 Å². The van der Waals surface area contributed by atoms with Crippen molar-refractivity contribution in [3.05, 3.63) is 36.4 Å². The lowest BCUT2D eigenvalue weighted by Crippen LogP contribution is -2.21. The van der Waals surface area contributed by atoms with Crippen molar-refractivity contribution in [3.63, 3.8) is 0 Å². The summed E-state index contributed by atoms with van der Waals surface area (Å²) >= 11 is 2.08. The molecular weight excluding hydrogens is 432 g/mol. The third-order valence-corrected chi connectivity index (χ3v) is 8.78. The van der Waals surface area contributed by atoms with E-state index in [1.165, 1.54) is 38.7 Å². The monoisotopic (exact) mass is 467 g/mol. The predicted octanol–water partition coefficient (Wildman–Crippen LogP) is 4.03. The van der Waals surface area contributed by atoms with E-state index in [0.717, 1.165) is 12.4 Å². The highest BCUT2D eigenvalue weighted by Crippen LogP contribution is 2.34. The smallest absolute Gasteiger partial charge is 0.163 e. The molecule has 1 heterocycles. The summed E-state index contributed by atoms with van der Waals surface area (Å²) in [5.41, 5.74) is 0. The number of fused-ring (bicyclic) bond motifs is 1. The van der Waals surface area contributed by atoms with Crippen LogP contribution in [0.3, 0.4) is 0 Å². The molecule has 0 spiro atoms. The van der Waals surface area contributed by atoms with Crippen LogP contribution in [-0.2, 0) is 29.8 Å². The van der Waals surface area contributed by atoms with Crippen LogP contribution in [-0.4, -0.2) is 82.5 Å². The summed E-state index contributed by atoms with van der Waals surface area (Å²) in [7, 11) is 0.363. The molecule has 0 radical (unpaired) electrons. The summed E-state index contributed by atoms with van der Waals surface area (Å²) in [5, 5.41) is 2.55. The first-order valence-corrected chi connectivity index (χ1v) is 13.8. The molecule has 31 heavy (non-hydrogen) atoms. The minimum absolute atomic E-state index is 0.363. The fourth-order valence-electron chi connectivity index (χ4n) is 3.38. The van der Waals surface area contributed by atoms with E-state index in [9.17, 15) is 0 Å². The third kappa shape index (κ3) is 8.48. The second-order valence-electron chi connectivity index (χ2n) is 7.00. The molecule has 2 aromatic carbocycles. The van der Waals surface area contributed by atoms with E-state index >= 15 is 0 Å². The lowest BCUT2D eigenvalue weighted by molar-refractivity contribution is -0.00337. The van der Waals surface area contributed by atoms with Crippen LogP contribution < -0.4 is 4.74 Å². The molecule has 3 rings (SSSR count). The van der Waals surface area contributed by atoms with E-state index in [2.05, 4.69) is 48.2 Å². The van der Waals surface area contributed by atoms with Crippen molar-refractivity contribution >= 4 is 33.4 Å². The average molecular weight is 468 g/mol. The number of hydrogen-bond acceptors (Lipinski definition) is 6. The van der Waals surface area contributed by atoms with E-state index in [0.29, 0.717) is 63.8 Å². The quantitative estimate of drug-likeness (QED) is 0.291. The molecule has 1 fully saturated rings. The van der Waals surface area contributed by atoms with Crippen molar-refractivity contribution in [2.24, 2.45) is 0 Å². The number of ether oxygens (including phenoxy) is 5. The SMILES string of the molecule is CCOCCOCCOCCOCCOc1ccc([S+]2CCSCC2)c2ccccc12. The Morgan fingerprint density at radius 2 is 1.29 bits per heavy atom. The number of hydrogen-bond donors (Lipinski definition) is 0. The van der Waals surface area contributed by atoms with Crippen LogP contribution in [0.4, 0.5) is 0 Å². The summed E-state index contributed by atoms with van der Waals surface area (Å²) in [5.74, 6) is 6.09. The first-order valence-electron chi connectivity index (χ1n) is 11.1. The van der Waals surface area contributed by atoms with Crippen LogP contribution in [0, 0.1) is 0 Å². The fraction of sp³-hybridized carbons (Fsp3) is 0.583. The third-order valence-electron chi connectivity index (χ3n) is 4.91. The molecule has 1 aliphatic heterocycles. The second kappa shape index (κ2) is 15.0. The normalized spacial score (nSPS) is 14.9. The van der Waals surface area contributed by atoms with Crippen LogP contribution in [0.25, 0.3) is 10.8 Å². The van der Waals surface area contributed by atoms with Gasteiger partial charge < -0.3 is 23.7 Å². The topological polar surface area (TPSA) is 46.2 Å². The summed E-state index contributed by atoms with van der Waals surface area (Å²) < 4.78 is 27.8. The van der Waals surface area contributed by atoms with Crippen LogP contribution in [0.15, 0.2) is 41.3 Å². The summed E-state index contributed by atoms with van der Waals surface area (Å²) in [6.45, 7) is 7.31. The molecule has 172 valence electrons. The van der Waals surface area contributed by atoms with Gasteiger partial charge in [0.25, 0.3) is 0 Å². The van der Waals surface area contributed by atoms with Gasteiger partial charge in [-0.1, -0.05) is 18.2 Å². The Labute approximate surface area is 193 Å². The standard InChI is InChI=1S/C24H35O5S2/c1-2-25-9-10-26-11-12-27-13-14-28-15-16-29-23-7-8-24(31-19-17-30-18-20-31)22-6-4-3-5-21(22)23/h3-8H,2,9-20H2,1H3/q+1. The Bertz CT molecular complexity index is 752. The molecule has 0 N–H and O–H groups in total. The number of rotatable bonds is 15. The van der Waals surface area contributed by atoms with Crippen molar-refractivity contribution < 1.29 is 23.7 Å². The molecule has 0 atom stereocenters. The van der Waals surface area contributed by atoms with Crippen LogP contribution in [0.2, 0.25) is 0 Å². The Morgan fingerprint density at radius 1 is 0.710 bits per heavy atom. The maximum atomic E-state index is 6.05. The zero-order valence-corrected chi connectivity index (χ0v) is 20.1. The fourth-order valence-corrected chi connectivity index (χ4v) is 7.53. The molecule has 2 aromatic rings. The molecule has 0 aromatic heterocycles. The van der Waals surface area contributed by atoms with Gasteiger partial charge in [-0.2, -0.15) is 11.8 Å². The summed E-state index contributed by atoms with van der Waals surface area (Å²) in [6.07, 6.45) is 0. The highest BCUT2D eigenvalue weighted by Gasteiger charge is 2.27.